The van der Waals surface area contributed by atoms with Crippen molar-refractivity contribution >= 4 is 0 Å². The molecule has 0 radical (unpaired) electrons. The summed E-state index contributed by atoms with van der Waals surface area (Å²) in [7, 11) is 4.20. The summed E-state index contributed by atoms with van der Waals surface area (Å²) in [5.41, 5.74) is 0.109. The highest BCUT2D eigenvalue weighted by atomic mass is 16.5. The molecule has 3 heteroatoms. The number of rotatable bonds is 9. The van der Waals surface area contributed by atoms with E-state index in [4.69, 9.17) is 4.74 Å². The Kier molecular flexibility index (Phi) is 7.98. The van der Waals surface area contributed by atoms with Crippen LogP contribution >= 0.6 is 0 Å². The van der Waals surface area contributed by atoms with E-state index in [1.54, 1.807) is 0 Å². The molecule has 0 aliphatic carbocycles. The molecular weight excluding hydrogens is 200 g/mol. The zero-order chi connectivity index (χ0) is 12.6. The average Bonchev–Trinajstić information content (AvgIpc) is 2.22. The van der Waals surface area contributed by atoms with Crippen LogP contribution in [-0.4, -0.2) is 50.3 Å². The Bertz CT molecular complexity index is 169. The van der Waals surface area contributed by atoms with E-state index in [9.17, 15) is 0 Å². The Labute approximate surface area is 102 Å². The molecule has 0 aliphatic heterocycles. The van der Waals surface area contributed by atoms with Crippen LogP contribution in [0.15, 0.2) is 0 Å². The summed E-state index contributed by atoms with van der Waals surface area (Å²) in [5.74, 6) is 0. The second kappa shape index (κ2) is 8.04. The van der Waals surface area contributed by atoms with Gasteiger partial charge in [0.15, 0.2) is 0 Å². The molecule has 1 atom stereocenters. The number of hydrogen-bond donors (Lipinski definition) is 1. The maximum atomic E-state index is 6.01. The van der Waals surface area contributed by atoms with E-state index in [1.807, 2.05) is 0 Å². The predicted molar refractivity (Wildman–Crippen MR) is 71.0 cm³/mol. The average molecular weight is 230 g/mol. The van der Waals surface area contributed by atoms with Gasteiger partial charge in [0.25, 0.3) is 0 Å². The minimum Gasteiger partial charge on any atom is -0.375 e. The van der Waals surface area contributed by atoms with Gasteiger partial charge in [0.2, 0.25) is 0 Å². The van der Waals surface area contributed by atoms with Gasteiger partial charge in [0, 0.05) is 12.1 Å². The molecule has 98 valence electrons. The van der Waals surface area contributed by atoms with E-state index >= 15 is 0 Å². The van der Waals surface area contributed by atoms with Crippen molar-refractivity contribution < 1.29 is 4.74 Å². The molecule has 0 aromatic heterocycles. The van der Waals surface area contributed by atoms with E-state index in [0.29, 0.717) is 6.10 Å². The minimum atomic E-state index is 0.109. The van der Waals surface area contributed by atoms with E-state index in [-0.39, 0.29) is 5.54 Å². The Morgan fingerprint density at radius 3 is 2.31 bits per heavy atom. The largest absolute Gasteiger partial charge is 0.375 e. The zero-order valence-corrected chi connectivity index (χ0v) is 12.0. The molecule has 0 heterocycles. The molecule has 0 amide bonds. The molecule has 16 heavy (non-hydrogen) atoms. The van der Waals surface area contributed by atoms with Crippen LogP contribution in [0.5, 0.6) is 0 Å². The second-order valence-electron chi connectivity index (χ2n) is 5.24. The molecule has 0 spiro atoms. The van der Waals surface area contributed by atoms with Gasteiger partial charge in [-0.2, -0.15) is 0 Å². The Morgan fingerprint density at radius 1 is 1.25 bits per heavy atom. The van der Waals surface area contributed by atoms with Gasteiger partial charge in [-0.1, -0.05) is 20.3 Å². The highest BCUT2D eigenvalue weighted by molar-refractivity contribution is 4.77. The van der Waals surface area contributed by atoms with Crippen molar-refractivity contribution in [1.82, 2.24) is 10.2 Å². The fraction of sp³-hybridized carbons (Fsp3) is 1.00. The van der Waals surface area contributed by atoms with Gasteiger partial charge >= 0.3 is 0 Å². The summed E-state index contributed by atoms with van der Waals surface area (Å²) in [4.78, 5) is 2.21. The Balaban J connectivity index is 3.99. The number of hydrogen-bond acceptors (Lipinski definition) is 3. The lowest BCUT2D eigenvalue weighted by Crippen LogP contribution is -2.44. The molecule has 0 bridgehead atoms. The Hall–Kier alpha value is -0.120. The zero-order valence-electron chi connectivity index (χ0n) is 12.0. The molecular formula is C13H30N2O. The normalized spacial score (nSPS) is 14.4. The first-order valence-electron chi connectivity index (χ1n) is 6.43. The topological polar surface area (TPSA) is 24.5 Å². The quantitative estimate of drug-likeness (QED) is 0.656. The van der Waals surface area contributed by atoms with Crippen LogP contribution in [0.4, 0.5) is 0 Å². The summed E-state index contributed by atoms with van der Waals surface area (Å²) < 4.78 is 6.01. The van der Waals surface area contributed by atoms with Crippen LogP contribution < -0.4 is 5.32 Å². The first-order chi connectivity index (χ1) is 7.44. The van der Waals surface area contributed by atoms with Crippen molar-refractivity contribution in [3.05, 3.63) is 0 Å². The lowest BCUT2D eigenvalue weighted by molar-refractivity contribution is -0.0142. The highest BCUT2D eigenvalue weighted by Crippen LogP contribution is 2.13. The molecule has 0 aromatic rings. The monoisotopic (exact) mass is 230 g/mol. The minimum absolute atomic E-state index is 0.109. The SMILES string of the molecule is CCCC(CNCC)OCC(C)(C)N(C)C. The van der Waals surface area contributed by atoms with Gasteiger partial charge in [0.1, 0.15) is 0 Å². The van der Waals surface area contributed by atoms with Crippen LogP contribution in [0.1, 0.15) is 40.5 Å². The van der Waals surface area contributed by atoms with Gasteiger partial charge < -0.3 is 15.0 Å². The molecule has 0 aromatic carbocycles. The summed E-state index contributed by atoms with van der Waals surface area (Å²) in [6, 6.07) is 0. The summed E-state index contributed by atoms with van der Waals surface area (Å²) in [5, 5.41) is 3.36. The van der Waals surface area contributed by atoms with Crippen LogP contribution in [0.25, 0.3) is 0 Å². The molecule has 3 nitrogen and oxygen atoms in total. The van der Waals surface area contributed by atoms with Gasteiger partial charge in [-0.3, -0.25) is 0 Å². The standard InChI is InChI=1S/C13H30N2O/c1-7-9-12(10-14-8-2)16-11-13(3,4)15(5)6/h12,14H,7-11H2,1-6H3. The number of nitrogens with one attached hydrogen (secondary N) is 1. The number of nitrogens with zero attached hydrogens (tertiary/aromatic N) is 1. The first-order valence-corrected chi connectivity index (χ1v) is 6.43. The van der Waals surface area contributed by atoms with Gasteiger partial charge in [-0.05, 0) is 40.9 Å². The summed E-state index contributed by atoms with van der Waals surface area (Å²) >= 11 is 0. The molecule has 0 saturated carbocycles. The number of likely N-dealkylation sites (N-methyl/N-ethyl adjacent to an activating group) is 2. The van der Waals surface area contributed by atoms with E-state index < -0.39 is 0 Å². The second-order valence-corrected chi connectivity index (χ2v) is 5.24. The van der Waals surface area contributed by atoms with Gasteiger partial charge in [-0.25, -0.2) is 0 Å². The molecule has 1 N–H and O–H groups in total. The highest BCUT2D eigenvalue weighted by Gasteiger charge is 2.22. The fourth-order valence-corrected chi connectivity index (χ4v) is 1.32. The third-order valence-electron chi connectivity index (χ3n) is 3.12. The van der Waals surface area contributed by atoms with Crippen LogP contribution in [0.3, 0.4) is 0 Å². The van der Waals surface area contributed by atoms with E-state index in [0.717, 1.165) is 26.1 Å². The van der Waals surface area contributed by atoms with Crippen LogP contribution in [-0.2, 0) is 4.74 Å². The third-order valence-corrected chi connectivity index (χ3v) is 3.12. The molecule has 0 aliphatic rings. The lowest BCUT2D eigenvalue weighted by Gasteiger charge is -2.34. The van der Waals surface area contributed by atoms with Crippen molar-refractivity contribution in [2.45, 2.75) is 52.2 Å². The van der Waals surface area contributed by atoms with Crippen molar-refractivity contribution in [3.8, 4) is 0 Å². The maximum absolute atomic E-state index is 6.01. The van der Waals surface area contributed by atoms with Crippen molar-refractivity contribution in [2.75, 3.05) is 33.8 Å². The fourth-order valence-electron chi connectivity index (χ4n) is 1.32. The van der Waals surface area contributed by atoms with Crippen molar-refractivity contribution in [1.29, 1.82) is 0 Å². The molecule has 0 rings (SSSR count). The van der Waals surface area contributed by atoms with Crippen LogP contribution in [0.2, 0.25) is 0 Å². The third kappa shape index (κ3) is 6.46. The Morgan fingerprint density at radius 2 is 1.88 bits per heavy atom. The molecule has 1 unspecified atom stereocenters. The summed E-state index contributed by atoms with van der Waals surface area (Å²) in [6.07, 6.45) is 2.67. The van der Waals surface area contributed by atoms with Gasteiger partial charge in [0.05, 0.1) is 12.7 Å². The smallest absolute Gasteiger partial charge is 0.0700 e. The lowest BCUT2D eigenvalue weighted by atomic mass is 10.1. The first kappa shape index (κ1) is 15.9. The predicted octanol–water partition coefficient (Wildman–Crippen LogP) is 2.12. The molecule has 0 fully saturated rings. The van der Waals surface area contributed by atoms with Gasteiger partial charge in [-0.15, -0.1) is 0 Å². The molecule has 0 saturated heterocycles. The number of ether oxygens (including phenoxy) is 1. The van der Waals surface area contributed by atoms with Crippen molar-refractivity contribution in [3.63, 3.8) is 0 Å². The van der Waals surface area contributed by atoms with Crippen molar-refractivity contribution in [2.24, 2.45) is 0 Å². The maximum Gasteiger partial charge on any atom is 0.0700 e. The summed E-state index contributed by atoms with van der Waals surface area (Å²) in [6.45, 7) is 11.5. The van der Waals surface area contributed by atoms with E-state index in [1.165, 1.54) is 6.42 Å². The van der Waals surface area contributed by atoms with E-state index in [2.05, 4.69) is 52.0 Å². The van der Waals surface area contributed by atoms with Crippen LogP contribution in [0, 0.1) is 0 Å².